The Bertz CT molecular complexity index is 558. The quantitative estimate of drug-likeness (QED) is 0.827. The average Bonchev–Trinajstić information content (AvgIpc) is 2.47. The minimum absolute atomic E-state index is 0.419. The number of aromatic nitrogens is 3. The van der Waals surface area contributed by atoms with Crippen LogP contribution in [-0.4, -0.2) is 28.0 Å². The molecule has 0 radical (unpaired) electrons. The lowest BCUT2D eigenvalue weighted by molar-refractivity contribution is 0.601. The van der Waals surface area contributed by atoms with Crippen molar-refractivity contribution in [2.24, 2.45) is 0 Å². The second-order valence-corrected chi connectivity index (χ2v) is 5.47. The van der Waals surface area contributed by atoms with E-state index >= 15 is 0 Å². The minimum atomic E-state index is 0.419. The van der Waals surface area contributed by atoms with E-state index in [1.54, 1.807) is 12.4 Å². The van der Waals surface area contributed by atoms with Crippen LogP contribution in [0.1, 0.15) is 43.1 Å². The van der Waals surface area contributed by atoms with E-state index in [2.05, 4.69) is 48.0 Å². The van der Waals surface area contributed by atoms with Gasteiger partial charge in [0.15, 0.2) is 5.82 Å². The first-order valence-corrected chi connectivity index (χ1v) is 7.59. The van der Waals surface area contributed by atoms with Gasteiger partial charge in [0.2, 0.25) is 0 Å². The standard InChI is InChI=1S/C17H24N4/c1-5-8-19-11-12(2)16-13(3)20-17(21-14(16)4)15-6-9-18-10-7-15/h6-7,9-10,12,19H,5,8,11H2,1-4H3. The zero-order valence-corrected chi connectivity index (χ0v) is 13.3. The molecule has 0 spiro atoms. The van der Waals surface area contributed by atoms with E-state index < -0.39 is 0 Å². The second-order valence-electron chi connectivity index (χ2n) is 5.47. The maximum absolute atomic E-state index is 4.69. The zero-order valence-electron chi connectivity index (χ0n) is 13.3. The third-order valence-electron chi connectivity index (χ3n) is 3.64. The molecule has 1 unspecified atom stereocenters. The van der Waals surface area contributed by atoms with Gasteiger partial charge < -0.3 is 5.32 Å². The van der Waals surface area contributed by atoms with Gasteiger partial charge in [-0.25, -0.2) is 9.97 Å². The Morgan fingerprint density at radius 3 is 2.29 bits per heavy atom. The molecule has 0 aliphatic heterocycles. The van der Waals surface area contributed by atoms with E-state index in [-0.39, 0.29) is 0 Å². The molecule has 4 heteroatoms. The molecule has 2 heterocycles. The summed E-state index contributed by atoms with van der Waals surface area (Å²) < 4.78 is 0. The van der Waals surface area contributed by atoms with Crippen molar-refractivity contribution in [2.75, 3.05) is 13.1 Å². The fourth-order valence-corrected chi connectivity index (χ4v) is 2.67. The van der Waals surface area contributed by atoms with Gasteiger partial charge >= 0.3 is 0 Å². The predicted octanol–water partition coefficient (Wildman–Crippen LogP) is 3.26. The largest absolute Gasteiger partial charge is 0.316 e. The Hall–Kier alpha value is -1.81. The lowest BCUT2D eigenvalue weighted by atomic mass is 9.97. The molecule has 0 fully saturated rings. The van der Waals surface area contributed by atoms with Crippen LogP contribution in [0.5, 0.6) is 0 Å². The normalized spacial score (nSPS) is 12.4. The highest BCUT2D eigenvalue weighted by atomic mass is 14.9. The van der Waals surface area contributed by atoms with Crippen molar-refractivity contribution >= 4 is 0 Å². The molecular formula is C17H24N4. The highest BCUT2D eigenvalue weighted by Crippen LogP contribution is 2.24. The first kappa shape index (κ1) is 15.6. The van der Waals surface area contributed by atoms with E-state index in [0.717, 1.165) is 42.3 Å². The van der Waals surface area contributed by atoms with E-state index in [0.29, 0.717) is 5.92 Å². The van der Waals surface area contributed by atoms with Crippen LogP contribution >= 0.6 is 0 Å². The molecule has 0 bridgehead atoms. The molecule has 0 saturated carbocycles. The Balaban J connectivity index is 2.25. The van der Waals surface area contributed by atoms with Crippen LogP contribution in [0.25, 0.3) is 11.4 Å². The monoisotopic (exact) mass is 284 g/mol. The van der Waals surface area contributed by atoms with Gasteiger partial charge in [0.05, 0.1) is 0 Å². The van der Waals surface area contributed by atoms with Gasteiger partial charge in [0.25, 0.3) is 0 Å². The molecule has 1 N–H and O–H groups in total. The summed E-state index contributed by atoms with van der Waals surface area (Å²) in [5, 5.41) is 3.47. The second kappa shape index (κ2) is 7.27. The Labute approximate surface area is 127 Å². The summed E-state index contributed by atoms with van der Waals surface area (Å²) in [6, 6.07) is 3.89. The fourth-order valence-electron chi connectivity index (χ4n) is 2.67. The summed E-state index contributed by atoms with van der Waals surface area (Å²) in [5.74, 6) is 1.20. The van der Waals surface area contributed by atoms with Crippen LogP contribution in [0, 0.1) is 13.8 Å². The number of pyridine rings is 1. The number of nitrogens with zero attached hydrogens (tertiary/aromatic N) is 3. The van der Waals surface area contributed by atoms with Gasteiger partial charge in [-0.1, -0.05) is 13.8 Å². The first-order chi connectivity index (χ1) is 10.1. The summed E-state index contributed by atoms with van der Waals surface area (Å²) in [7, 11) is 0. The molecule has 2 aromatic heterocycles. The van der Waals surface area contributed by atoms with Gasteiger partial charge in [-0.15, -0.1) is 0 Å². The third kappa shape index (κ3) is 3.85. The van der Waals surface area contributed by atoms with E-state index in [1.807, 2.05) is 12.1 Å². The van der Waals surface area contributed by atoms with Crippen molar-refractivity contribution in [1.82, 2.24) is 20.3 Å². The van der Waals surface area contributed by atoms with Crippen LogP contribution in [0.2, 0.25) is 0 Å². The lowest BCUT2D eigenvalue weighted by Gasteiger charge is -2.18. The fraction of sp³-hybridized carbons (Fsp3) is 0.471. The molecule has 0 aliphatic rings. The van der Waals surface area contributed by atoms with Crippen molar-refractivity contribution in [2.45, 2.75) is 40.0 Å². The molecule has 2 aromatic rings. The van der Waals surface area contributed by atoms with Crippen molar-refractivity contribution in [3.8, 4) is 11.4 Å². The van der Waals surface area contributed by atoms with Crippen LogP contribution in [0.4, 0.5) is 0 Å². The predicted molar refractivity (Wildman–Crippen MR) is 86.3 cm³/mol. The molecule has 4 nitrogen and oxygen atoms in total. The summed E-state index contributed by atoms with van der Waals surface area (Å²) in [6.07, 6.45) is 4.70. The van der Waals surface area contributed by atoms with Crippen LogP contribution in [0.3, 0.4) is 0 Å². The van der Waals surface area contributed by atoms with Crippen molar-refractivity contribution in [3.63, 3.8) is 0 Å². The lowest BCUT2D eigenvalue weighted by Crippen LogP contribution is -2.22. The Morgan fingerprint density at radius 2 is 1.71 bits per heavy atom. The van der Waals surface area contributed by atoms with Gasteiger partial charge in [-0.3, -0.25) is 4.98 Å². The van der Waals surface area contributed by atoms with Gasteiger partial charge in [-0.05, 0) is 50.4 Å². The SMILES string of the molecule is CCCNCC(C)c1c(C)nc(-c2ccncc2)nc1C. The van der Waals surface area contributed by atoms with Crippen LogP contribution < -0.4 is 5.32 Å². The van der Waals surface area contributed by atoms with Gasteiger partial charge in [0.1, 0.15) is 0 Å². The van der Waals surface area contributed by atoms with Crippen molar-refractivity contribution < 1.29 is 0 Å². The molecule has 0 aromatic carbocycles. The number of nitrogens with one attached hydrogen (secondary N) is 1. The summed E-state index contributed by atoms with van der Waals surface area (Å²) in [5.41, 5.74) is 4.41. The highest BCUT2D eigenvalue weighted by molar-refractivity contribution is 5.54. The number of rotatable bonds is 6. The topological polar surface area (TPSA) is 50.7 Å². The molecule has 0 saturated heterocycles. The smallest absolute Gasteiger partial charge is 0.159 e. The number of hydrogen-bond acceptors (Lipinski definition) is 4. The minimum Gasteiger partial charge on any atom is -0.316 e. The third-order valence-corrected chi connectivity index (χ3v) is 3.64. The maximum Gasteiger partial charge on any atom is 0.159 e. The van der Waals surface area contributed by atoms with Crippen LogP contribution in [-0.2, 0) is 0 Å². The van der Waals surface area contributed by atoms with Gasteiger partial charge in [0, 0.05) is 35.9 Å². The zero-order chi connectivity index (χ0) is 15.2. The first-order valence-electron chi connectivity index (χ1n) is 7.59. The molecule has 112 valence electrons. The van der Waals surface area contributed by atoms with Crippen LogP contribution in [0.15, 0.2) is 24.5 Å². The number of hydrogen-bond donors (Lipinski definition) is 1. The Morgan fingerprint density at radius 1 is 1.10 bits per heavy atom. The average molecular weight is 284 g/mol. The van der Waals surface area contributed by atoms with Crippen molar-refractivity contribution in [3.05, 3.63) is 41.5 Å². The van der Waals surface area contributed by atoms with E-state index in [1.165, 1.54) is 5.56 Å². The molecule has 1 atom stereocenters. The van der Waals surface area contributed by atoms with Crippen molar-refractivity contribution in [1.29, 1.82) is 0 Å². The summed E-state index contributed by atoms with van der Waals surface area (Å²) in [6.45, 7) is 10.6. The van der Waals surface area contributed by atoms with E-state index in [9.17, 15) is 0 Å². The maximum atomic E-state index is 4.69. The van der Waals surface area contributed by atoms with Gasteiger partial charge in [-0.2, -0.15) is 0 Å². The molecule has 0 aliphatic carbocycles. The number of aryl methyl sites for hydroxylation is 2. The van der Waals surface area contributed by atoms with E-state index in [4.69, 9.17) is 0 Å². The summed E-state index contributed by atoms with van der Waals surface area (Å²) in [4.78, 5) is 13.4. The Kier molecular flexibility index (Phi) is 5.39. The molecule has 21 heavy (non-hydrogen) atoms. The summed E-state index contributed by atoms with van der Waals surface area (Å²) >= 11 is 0. The molecular weight excluding hydrogens is 260 g/mol. The highest BCUT2D eigenvalue weighted by Gasteiger charge is 2.15. The molecule has 2 rings (SSSR count). The molecule has 0 amide bonds.